The molecule has 1 fully saturated rings. The maximum absolute atomic E-state index is 11.9. The van der Waals surface area contributed by atoms with Crippen molar-refractivity contribution in [2.24, 2.45) is 5.92 Å². The van der Waals surface area contributed by atoms with Crippen LogP contribution in [0.2, 0.25) is 0 Å². The lowest BCUT2D eigenvalue weighted by molar-refractivity contribution is -0.134. The van der Waals surface area contributed by atoms with Crippen LogP contribution in [0.3, 0.4) is 0 Å². The van der Waals surface area contributed by atoms with E-state index >= 15 is 0 Å². The van der Waals surface area contributed by atoms with Gasteiger partial charge in [0.15, 0.2) is 0 Å². The summed E-state index contributed by atoms with van der Waals surface area (Å²) in [7, 11) is 1.76. The number of hydrogen-bond donors (Lipinski definition) is 1. The monoisotopic (exact) mass is 242 g/mol. The van der Waals surface area contributed by atoms with Crippen LogP contribution in [0.25, 0.3) is 0 Å². The maximum atomic E-state index is 11.9. The molecule has 0 spiro atoms. The molecule has 0 unspecified atom stereocenters. The Bertz CT molecular complexity index is 253. The quantitative estimate of drug-likeness (QED) is 0.798. The second-order valence-electron chi connectivity index (χ2n) is 6.02. The van der Waals surface area contributed by atoms with Gasteiger partial charge in [0.25, 0.3) is 0 Å². The average Bonchev–Trinajstić information content (AvgIpc) is 2.19. The van der Waals surface area contributed by atoms with E-state index in [1.807, 2.05) is 0 Å². The third kappa shape index (κ3) is 5.50. The molecule has 100 valence electrons. The zero-order chi connectivity index (χ0) is 13.1. The van der Waals surface area contributed by atoms with E-state index in [9.17, 15) is 9.90 Å². The van der Waals surface area contributed by atoms with Crippen molar-refractivity contribution in [1.82, 2.24) is 9.80 Å². The zero-order valence-corrected chi connectivity index (χ0v) is 11.6. The van der Waals surface area contributed by atoms with Gasteiger partial charge in [0, 0.05) is 13.6 Å². The van der Waals surface area contributed by atoms with Crippen LogP contribution in [0.5, 0.6) is 0 Å². The van der Waals surface area contributed by atoms with Crippen molar-refractivity contribution in [1.29, 1.82) is 0 Å². The summed E-state index contributed by atoms with van der Waals surface area (Å²) >= 11 is 0. The lowest BCUT2D eigenvalue weighted by atomic mass is 9.99. The van der Waals surface area contributed by atoms with Crippen LogP contribution in [0, 0.1) is 5.92 Å². The van der Waals surface area contributed by atoms with Crippen LogP contribution in [-0.2, 0) is 4.79 Å². The molecule has 4 nitrogen and oxygen atoms in total. The number of nitrogens with zero attached hydrogens (tertiary/aromatic N) is 2. The van der Waals surface area contributed by atoms with Crippen molar-refractivity contribution in [3.8, 4) is 0 Å². The van der Waals surface area contributed by atoms with E-state index in [4.69, 9.17) is 0 Å². The van der Waals surface area contributed by atoms with Gasteiger partial charge in [0.1, 0.15) is 0 Å². The van der Waals surface area contributed by atoms with E-state index in [2.05, 4.69) is 11.8 Å². The minimum absolute atomic E-state index is 0.0988. The number of hydrogen-bond acceptors (Lipinski definition) is 3. The smallest absolute Gasteiger partial charge is 0.236 e. The van der Waals surface area contributed by atoms with E-state index in [-0.39, 0.29) is 5.91 Å². The van der Waals surface area contributed by atoms with Gasteiger partial charge in [0.05, 0.1) is 12.1 Å². The molecule has 1 N–H and O–H groups in total. The molecule has 1 saturated heterocycles. The maximum Gasteiger partial charge on any atom is 0.236 e. The molecule has 0 aliphatic carbocycles. The molecule has 1 heterocycles. The Morgan fingerprint density at radius 3 is 2.41 bits per heavy atom. The molecule has 0 atom stereocenters. The topological polar surface area (TPSA) is 43.8 Å². The summed E-state index contributed by atoms with van der Waals surface area (Å²) in [5.74, 6) is 0.886. The fraction of sp³-hybridized carbons (Fsp3) is 0.923. The SMILES string of the molecule is CC1CCN(CC(=O)N(C)CC(C)(C)O)CC1. The first-order chi connectivity index (χ1) is 7.78. The van der Waals surface area contributed by atoms with E-state index in [0.717, 1.165) is 19.0 Å². The normalized spacial score (nSPS) is 19.4. The highest BCUT2D eigenvalue weighted by Gasteiger charge is 2.22. The molecule has 17 heavy (non-hydrogen) atoms. The number of likely N-dealkylation sites (tertiary alicyclic amines) is 1. The van der Waals surface area contributed by atoms with Crippen molar-refractivity contribution in [3.05, 3.63) is 0 Å². The molecule has 0 saturated carbocycles. The summed E-state index contributed by atoms with van der Waals surface area (Å²) < 4.78 is 0. The van der Waals surface area contributed by atoms with Crippen LogP contribution in [0.15, 0.2) is 0 Å². The van der Waals surface area contributed by atoms with E-state index in [0.29, 0.717) is 13.1 Å². The number of amides is 1. The van der Waals surface area contributed by atoms with Crippen LogP contribution in [0.4, 0.5) is 0 Å². The second kappa shape index (κ2) is 5.83. The van der Waals surface area contributed by atoms with Gasteiger partial charge in [-0.3, -0.25) is 9.69 Å². The molecular weight excluding hydrogens is 216 g/mol. The molecule has 0 aromatic carbocycles. The van der Waals surface area contributed by atoms with Gasteiger partial charge in [-0.25, -0.2) is 0 Å². The number of carbonyl (C=O) groups excluding carboxylic acids is 1. The highest BCUT2D eigenvalue weighted by atomic mass is 16.3. The number of carbonyl (C=O) groups is 1. The molecule has 0 bridgehead atoms. The molecule has 0 aromatic heterocycles. The highest BCUT2D eigenvalue weighted by Crippen LogP contribution is 2.15. The summed E-state index contributed by atoms with van der Waals surface area (Å²) in [5.41, 5.74) is -0.819. The number of piperidine rings is 1. The van der Waals surface area contributed by atoms with E-state index in [1.54, 1.807) is 25.8 Å². The standard InChI is InChI=1S/C13H26N2O2/c1-11-5-7-15(8-6-11)9-12(16)14(4)10-13(2,3)17/h11,17H,5-10H2,1-4H3. The molecule has 1 aliphatic heterocycles. The Hall–Kier alpha value is -0.610. The van der Waals surface area contributed by atoms with Gasteiger partial charge in [-0.05, 0) is 45.7 Å². The van der Waals surface area contributed by atoms with Crippen LogP contribution < -0.4 is 0 Å². The van der Waals surface area contributed by atoms with E-state index in [1.165, 1.54) is 12.8 Å². The third-order valence-electron chi connectivity index (χ3n) is 3.28. The fourth-order valence-corrected chi connectivity index (χ4v) is 2.20. The van der Waals surface area contributed by atoms with Crippen LogP contribution in [0.1, 0.15) is 33.6 Å². The minimum Gasteiger partial charge on any atom is -0.389 e. The third-order valence-corrected chi connectivity index (χ3v) is 3.28. The predicted molar refractivity (Wildman–Crippen MR) is 68.8 cm³/mol. The van der Waals surface area contributed by atoms with Crippen molar-refractivity contribution in [2.75, 3.05) is 33.2 Å². The molecule has 1 aliphatic rings. The first-order valence-electron chi connectivity index (χ1n) is 6.46. The fourth-order valence-electron chi connectivity index (χ4n) is 2.20. The zero-order valence-electron chi connectivity index (χ0n) is 11.6. The van der Waals surface area contributed by atoms with Crippen molar-refractivity contribution in [3.63, 3.8) is 0 Å². The molecule has 0 radical (unpaired) electrons. The van der Waals surface area contributed by atoms with Gasteiger partial charge in [-0.2, -0.15) is 0 Å². The van der Waals surface area contributed by atoms with Crippen LogP contribution >= 0.6 is 0 Å². The molecule has 1 amide bonds. The van der Waals surface area contributed by atoms with Crippen molar-refractivity contribution >= 4 is 5.91 Å². The largest absolute Gasteiger partial charge is 0.389 e. The highest BCUT2D eigenvalue weighted by molar-refractivity contribution is 5.78. The molecular formula is C13H26N2O2. The predicted octanol–water partition coefficient (Wildman–Crippen LogP) is 0.948. The van der Waals surface area contributed by atoms with Gasteiger partial charge in [0.2, 0.25) is 5.91 Å². The second-order valence-corrected chi connectivity index (χ2v) is 6.02. The molecule has 1 rings (SSSR count). The van der Waals surface area contributed by atoms with Crippen LogP contribution in [-0.4, -0.2) is 59.6 Å². The first kappa shape index (κ1) is 14.5. The van der Waals surface area contributed by atoms with E-state index < -0.39 is 5.60 Å². The van der Waals surface area contributed by atoms with Crippen molar-refractivity contribution < 1.29 is 9.90 Å². The lowest BCUT2D eigenvalue weighted by Gasteiger charge is -2.32. The number of likely N-dealkylation sites (N-methyl/N-ethyl adjacent to an activating group) is 1. The van der Waals surface area contributed by atoms with Gasteiger partial charge >= 0.3 is 0 Å². The Labute approximate surface area is 105 Å². The average molecular weight is 242 g/mol. The summed E-state index contributed by atoms with van der Waals surface area (Å²) in [6.07, 6.45) is 2.37. The Morgan fingerprint density at radius 1 is 1.41 bits per heavy atom. The molecule has 0 aromatic rings. The number of rotatable bonds is 4. The number of aliphatic hydroxyl groups is 1. The lowest BCUT2D eigenvalue weighted by Crippen LogP contribution is -2.45. The van der Waals surface area contributed by atoms with Gasteiger partial charge in [-0.1, -0.05) is 6.92 Å². The van der Waals surface area contributed by atoms with Crippen molar-refractivity contribution in [2.45, 2.75) is 39.2 Å². The van der Waals surface area contributed by atoms with Gasteiger partial charge < -0.3 is 10.0 Å². The summed E-state index contributed by atoms with van der Waals surface area (Å²) in [6, 6.07) is 0. The molecule has 4 heteroatoms. The summed E-state index contributed by atoms with van der Waals surface area (Å²) in [6.45, 7) is 8.61. The Balaban J connectivity index is 2.33. The summed E-state index contributed by atoms with van der Waals surface area (Å²) in [5, 5.41) is 9.67. The minimum atomic E-state index is -0.819. The Kier molecular flexibility index (Phi) is 4.95. The van der Waals surface area contributed by atoms with Gasteiger partial charge in [-0.15, -0.1) is 0 Å². The summed E-state index contributed by atoms with van der Waals surface area (Å²) in [4.78, 5) is 15.8. The Morgan fingerprint density at radius 2 is 1.94 bits per heavy atom. The first-order valence-corrected chi connectivity index (χ1v) is 6.46.